The molecule has 0 bridgehead atoms. The Labute approximate surface area is 94.2 Å². The van der Waals surface area contributed by atoms with Crippen molar-refractivity contribution >= 4 is 40.1 Å². The summed E-state index contributed by atoms with van der Waals surface area (Å²) in [6.45, 7) is 1.54. The predicted molar refractivity (Wildman–Crippen MR) is 60.4 cm³/mol. The van der Waals surface area contributed by atoms with E-state index < -0.39 is 0 Å². The highest BCUT2D eigenvalue weighted by atomic mass is 35.5. The highest BCUT2D eigenvalue weighted by molar-refractivity contribution is 7.22. The third kappa shape index (κ3) is 1.87. The quantitative estimate of drug-likeness (QED) is 0.753. The zero-order valence-electron chi connectivity index (χ0n) is 7.28. The standard InChI is InChI=1S/C9H6ClNOS2/c1-5(12)8-3-11-9(14-8)7-2-6(10)4-13-7/h2-4H,1H3. The van der Waals surface area contributed by atoms with E-state index in [1.807, 2.05) is 11.4 Å². The highest BCUT2D eigenvalue weighted by Crippen LogP contribution is 2.32. The number of Topliss-reactive ketones (excluding diaryl/α,β-unsaturated/α-hetero) is 1. The van der Waals surface area contributed by atoms with Crippen molar-refractivity contribution in [3.63, 3.8) is 0 Å². The van der Waals surface area contributed by atoms with Crippen molar-refractivity contribution in [1.29, 1.82) is 0 Å². The summed E-state index contributed by atoms with van der Waals surface area (Å²) in [6.07, 6.45) is 1.61. The molecule has 0 aliphatic rings. The minimum atomic E-state index is 0.0522. The molecule has 0 saturated heterocycles. The van der Waals surface area contributed by atoms with E-state index in [0.717, 1.165) is 9.88 Å². The molecule has 2 heterocycles. The molecule has 2 aromatic rings. The van der Waals surface area contributed by atoms with Gasteiger partial charge in [-0.25, -0.2) is 4.98 Å². The molecule has 0 saturated carbocycles. The number of hydrogen-bond donors (Lipinski definition) is 0. The van der Waals surface area contributed by atoms with Crippen LogP contribution in [0.2, 0.25) is 5.02 Å². The second-order valence-electron chi connectivity index (χ2n) is 2.72. The molecule has 0 aliphatic carbocycles. The van der Waals surface area contributed by atoms with Crippen LogP contribution in [-0.2, 0) is 0 Å². The van der Waals surface area contributed by atoms with Crippen LogP contribution in [-0.4, -0.2) is 10.8 Å². The lowest BCUT2D eigenvalue weighted by Crippen LogP contribution is -1.83. The Hall–Kier alpha value is -0.710. The van der Waals surface area contributed by atoms with Crippen LogP contribution in [0.3, 0.4) is 0 Å². The van der Waals surface area contributed by atoms with Crippen LogP contribution in [0.15, 0.2) is 17.6 Å². The number of thiophene rings is 1. The molecule has 2 aromatic heterocycles. The van der Waals surface area contributed by atoms with Gasteiger partial charge in [-0.3, -0.25) is 4.79 Å². The maximum absolute atomic E-state index is 11.0. The number of hydrogen-bond acceptors (Lipinski definition) is 4. The van der Waals surface area contributed by atoms with Crippen molar-refractivity contribution < 1.29 is 4.79 Å². The zero-order chi connectivity index (χ0) is 10.1. The van der Waals surface area contributed by atoms with Crippen LogP contribution in [0.25, 0.3) is 9.88 Å². The number of carbonyl (C=O) groups excluding carboxylic acids is 1. The third-order valence-corrected chi connectivity index (χ3v) is 4.18. The lowest BCUT2D eigenvalue weighted by Gasteiger charge is -1.85. The summed E-state index contributed by atoms with van der Waals surface area (Å²) >= 11 is 8.73. The molecule has 0 radical (unpaired) electrons. The van der Waals surface area contributed by atoms with Crippen molar-refractivity contribution in [3.05, 3.63) is 27.5 Å². The largest absolute Gasteiger partial charge is 0.294 e. The van der Waals surface area contributed by atoms with E-state index in [4.69, 9.17) is 11.6 Å². The van der Waals surface area contributed by atoms with Gasteiger partial charge in [0.15, 0.2) is 5.78 Å². The summed E-state index contributed by atoms with van der Waals surface area (Å²) in [5.41, 5.74) is 0. The zero-order valence-corrected chi connectivity index (χ0v) is 9.67. The Morgan fingerprint density at radius 2 is 2.36 bits per heavy atom. The number of carbonyl (C=O) groups is 1. The minimum absolute atomic E-state index is 0.0522. The molecular formula is C9H6ClNOS2. The Bertz CT molecular complexity index is 475. The molecule has 0 aliphatic heterocycles. The fraction of sp³-hybridized carbons (Fsp3) is 0.111. The number of ketones is 1. The van der Waals surface area contributed by atoms with Crippen molar-refractivity contribution in [2.75, 3.05) is 0 Å². The van der Waals surface area contributed by atoms with Gasteiger partial charge in [-0.05, 0) is 6.07 Å². The molecule has 72 valence electrons. The first kappa shape index (κ1) is 9.83. The first-order chi connectivity index (χ1) is 6.66. The van der Waals surface area contributed by atoms with Gasteiger partial charge >= 0.3 is 0 Å². The van der Waals surface area contributed by atoms with Crippen LogP contribution < -0.4 is 0 Å². The topological polar surface area (TPSA) is 30.0 Å². The van der Waals surface area contributed by atoms with Gasteiger partial charge in [0.2, 0.25) is 0 Å². The lowest BCUT2D eigenvalue weighted by molar-refractivity contribution is 0.102. The number of halogens is 1. The molecule has 0 fully saturated rings. The molecule has 2 nitrogen and oxygen atoms in total. The van der Waals surface area contributed by atoms with E-state index in [1.165, 1.54) is 22.7 Å². The van der Waals surface area contributed by atoms with E-state index in [0.29, 0.717) is 9.90 Å². The average Bonchev–Trinajstić information content (AvgIpc) is 2.70. The predicted octanol–water partition coefficient (Wildman–Crippen LogP) is 3.73. The van der Waals surface area contributed by atoms with Crippen LogP contribution >= 0.6 is 34.3 Å². The number of thiazole rings is 1. The summed E-state index contributed by atoms with van der Waals surface area (Å²) in [5, 5.41) is 3.42. The number of nitrogens with zero attached hydrogens (tertiary/aromatic N) is 1. The van der Waals surface area contributed by atoms with Crippen molar-refractivity contribution in [1.82, 2.24) is 4.98 Å². The Morgan fingerprint density at radius 1 is 1.57 bits per heavy atom. The summed E-state index contributed by atoms with van der Waals surface area (Å²) in [4.78, 5) is 16.9. The second kappa shape index (κ2) is 3.81. The van der Waals surface area contributed by atoms with Crippen LogP contribution in [0.1, 0.15) is 16.6 Å². The molecule has 14 heavy (non-hydrogen) atoms. The van der Waals surface area contributed by atoms with Crippen LogP contribution in [0, 0.1) is 0 Å². The van der Waals surface area contributed by atoms with Gasteiger partial charge in [-0.15, -0.1) is 22.7 Å². The van der Waals surface area contributed by atoms with Crippen LogP contribution in [0.5, 0.6) is 0 Å². The monoisotopic (exact) mass is 243 g/mol. The van der Waals surface area contributed by atoms with E-state index >= 15 is 0 Å². The molecule has 0 aromatic carbocycles. The minimum Gasteiger partial charge on any atom is -0.294 e. The Morgan fingerprint density at radius 3 is 2.86 bits per heavy atom. The summed E-state index contributed by atoms with van der Waals surface area (Å²) in [7, 11) is 0. The number of aromatic nitrogens is 1. The Balaban J connectivity index is 2.38. The first-order valence-corrected chi connectivity index (χ1v) is 5.95. The van der Waals surface area contributed by atoms with Gasteiger partial charge < -0.3 is 0 Å². The summed E-state index contributed by atoms with van der Waals surface area (Å²) < 4.78 is 0. The molecule has 2 rings (SSSR count). The van der Waals surface area contributed by atoms with Gasteiger partial charge in [-0.1, -0.05) is 11.6 Å². The van der Waals surface area contributed by atoms with E-state index in [1.54, 1.807) is 13.1 Å². The molecule has 0 amide bonds. The van der Waals surface area contributed by atoms with E-state index in [9.17, 15) is 4.79 Å². The normalized spacial score (nSPS) is 10.4. The van der Waals surface area contributed by atoms with E-state index in [2.05, 4.69) is 4.98 Å². The van der Waals surface area contributed by atoms with Gasteiger partial charge in [0.25, 0.3) is 0 Å². The maximum Gasteiger partial charge on any atom is 0.171 e. The van der Waals surface area contributed by atoms with Crippen LogP contribution in [0.4, 0.5) is 0 Å². The molecule has 5 heteroatoms. The molecule has 0 N–H and O–H groups in total. The van der Waals surface area contributed by atoms with Gasteiger partial charge in [0, 0.05) is 18.5 Å². The SMILES string of the molecule is CC(=O)c1cnc(-c2cc(Cl)cs2)s1. The molecule has 0 atom stereocenters. The summed E-state index contributed by atoms with van der Waals surface area (Å²) in [5.74, 6) is 0.0522. The lowest BCUT2D eigenvalue weighted by atomic mass is 10.4. The van der Waals surface area contributed by atoms with Gasteiger partial charge in [-0.2, -0.15) is 0 Å². The smallest absolute Gasteiger partial charge is 0.171 e. The average molecular weight is 244 g/mol. The second-order valence-corrected chi connectivity index (χ2v) is 5.09. The van der Waals surface area contributed by atoms with Gasteiger partial charge in [0.1, 0.15) is 5.01 Å². The summed E-state index contributed by atoms with van der Waals surface area (Å²) in [6, 6.07) is 1.86. The fourth-order valence-corrected chi connectivity index (χ4v) is 2.93. The van der Waals surface area contributed by atoms with Gasteiger partial charge in [0.05, 0.1) is 14.8 Å². The van der Waals surface area contributed by atoms with E-state index in [-0.39, 0.29) is 5.78 Å². The Kier molecular flexibility index (Phi) is 2.67. The maximum atomic E-state index is 11.0. The third-order valence-electron chi connectivity index (χ3n) is 1.63. The number of rotatable bonds is 2. The van der Waals surface area contributed by atoms with Crippen molar-refractivity contribution in [3.8, 4) is 9.88 Å². The van der Waals surface area contributed by atoms with Crippen molar-refractivity contribution in [2.24, 2.45) is 0 Å². The molecule has 0 unspecified atom stereocenters. The molecular weight excluding hydrogens is 238 g/mol. The highest BCUT2D eigenvalue weighted by Gasteiger charge is 2.09. The molecule has 0 spiro atoms. The first-order valence-electron chi connectivity index (χ1n) is 3.88. The van der Waals surface area contributed by atoms with Crippen molar-refractivity contribution in [2.45, 2.75) is 6.92 Å². The fourth-order valence-electron chi connectivity index (χ4n) is 0.976.